The van der Waals surface area contributed by atoms with Gasteiger partial charge in [-0.15, -0.1) is 0 Å². The van der Waals surface area contributed by atoms with Crippen molar-refractivity contribution < 1.29 is 0 Å². The molecule has 2 aromatic carbocycles. The maximum Gasteiger partial charge on any atom is 0.137 e. The number of pyridine rings is 1. The highest BCUT2D eigenvalue weighted by atomic mass is 15.1. The minimum Gasteiger partial charge on any atom is -0.346 e. The van der Waals surface area contributed by atoms with E-state index in [-0.39, 0.29) is 0 Å². The summed E-state index contributed by atoms with van der Waals surface area (Å²) >= 11 is 0. The van der Waals surface area contributed by atoms with Crippen molar-refractivity contribution in [2.75, 3.05) is 0 Å². The molecule has 0 unspecified atom stereocenters. The van der Waals surface area contributed by atoms with Crippen LogP contribution in [0, 0.1) is 0 Å². The molecular weight excluding hydrogens is 320 g/mol. The van der Waals surface area contributed by atoms with Crippen LogP contribution in [0.4, 0.5) is 0 Å². The van der Waals surface area contributed by atoms with Crippen molar-refractivity contribution in [1.29, 1.82) is 0 Å². The average molecular weight is 336 g/mol. The van der Waals surface area contributed by atoms with Crippen molar-refractivity contribution in [3.8, 4) is 11.1 Å². The third kappa shape index (κ3) is 2.48. The Kier molecular flexibility index (Phi) is 3.39. The lowest BCUT2D eigenvalue weighted by Crippen LogP contribution is -1.82. The van der Waals surface area contributed by atoms with E-state index >= 15 is 0 Å². The molecule has 0 atom stereocenters. The van der Waals surface area contributed by atoms with Crippen LogP contribution in [0.2, 0.25) is 0 Å². The van der Waals surface area contributed by atoms with Gasteiger partial charge >= 0.3 is 0 Å². The molecule has 4 heteroatoms. The molecule has 5 aromatic rings. The lowest BCUT2D eigenvalue weighted by molar-refractivity contribution is 1.11. The standard InChI is InChI=1S/C22H16N4/c1-2-4-15(5-3-1)6-9-20-19-8-7-16(14-21(19)26-25-20)17-10-12-23-22-18(17)11-13-24-22/h1-14H,(H,23,24)(H,25,26). The molecule has 0 fully saturated rings. The average Bonchev–Trinajstić information content (AvgIpc) is 3.33. The first-order chi connectivity index (χ1) is 12.9. The minimum absolute atomic E-state index is 0.902. The van der Waals surface area contributed by atoms with Crippen LogP contribution in [0.25, 0.3) is 45.2 Å². The second-order valence-corrected chi connectivity index (χ2v) is 6.21. The van der Waals surface area contributed by atoms with Crippen molar-refractivity contribution >= 4 is 34.1 Å². The summed E-state index contributed by atoms with van der Waals surface area (Å²) in [6.07, 6.45) is 7.88. The SMILES string of the molecule is C(=Cc1n[nH]c2cc(-c3ccnc4[nH]ccc34)ccc12)c1ccccc1. The van der Waals surface area contributed by atoms with E-state index in [9.17, 15) is 0 Å². The molecule has 0 radical (unpaired) electrons. The summed E-state index contributed by atoms with van der Waals surface area (Å²) in [6, 6.07) is 20.7. The van der Waals surface area contributed by atoms with Gasteiger partial charge in [-0.25, -0.2) is 4.98 Å². The molecule has 0 spiro atoms. The molecule has 26 heavy (non-hydrogen) atoms. The summed E-state index contributed by atoms with van der Waals surface area (Å²) < 4.78 is 0. The lowest BCUT2D eigenvalue weighted by atomic mass is 10.0. The number of benzene rings is 2. The van der Waals surface area contributed by atoms with Crippen LogP contribution >= 0.6 is 0 Å². The minimum atomic E-state index is 0.902. The van der Waals surface area contributed by atoms with Crippen LogP contribution in [0.5, 0.6) is 0 Å². The molecule has 0 aliphatic carbocycles. The fourth-order valence-corrected chi connectivity index (χ4v) is 3.29. The number of hydrogen-bond donors (Lipinski definition) is 2. The van der Waals surface area contributed by atoms with E-state index < -0.39 is 0 Å². The second-order valence-electron chi connectivity index (χ2n) is 6.21. The first kappa shape index (κ1) is 14.7. The number of hydrogen-bond acceptors (Lipinski definition) is 2. The zero-order chi connectivity index (χ0) is 17.3. The van der Waals surface area contributed by atoms with Gasteiger partial charge in [0.1, 0.15) is 5.65 Å². The fraction of sp³-hybridized carbons (Fsp3) is 0. The van der Waals surface area contributed by atoms with Gasteiger partial charge in [0, 0.05) is 23.2 Å². The Labute approximate surface area is 150 Å². The smallest absolute Gasteiger partial charge is 0.137 e. The normalized spacial score (nSPS) is 11.7. The molecule has 3 aromatic heterocycles. The quantitative estimate of drug-likeness (QED) is 0.471. The van der Waals surface area contributed by atoms with Crippen LogP contribution in [0.15, 0.2) is 73.1 Å². The molecule has 0 saturated heterocycles. The number of H-pyrrole nitrogens is 2. The Balaban J connectivity index is 1.56. The number of fused-ring (bicyclic) bond motifs is 2. The van der Waals surface area contributed by atoms with Gasteiger partial charge in [-0.2, -0.15) is 5.10 Å². The van der Waals surface area contributed by atoms with Gasteiger partial charge in [-0.05, 0) is 47.0 Å². The van der Waals surface area contributed by atoms with Gasteiger partial charge in [0.05, 0.1) is 11.2 Å². The summed E-state index contributed by atoms with van der Waals surface area (Å²) in [5, 5.41) is 9.85. The molecule has 3 heterocycles. The zero-order valence-corrected chi connectivity index (χ0v) is 14.0. The number of nitrogens with zero attached hydrogens (tertiary/aromatic N) is 2. The van der Waals surface area contributed by atoms with Crippen molar-refractivity contribution in [3.05, 3.63) is 84.3 Å². The number of aromatic amines is 2. The summed E-state index contributed by atoms with van der Waals surface area (Å²) in [5.41, 5.74) is 6.33. The maximum atomic E-state index is 4.47. The van der Waals surface area contributed by atoms with Gasteiger partial charge in [-0.1, -0.05) is 42.5 Å². The second kappa shape index (κ2) is 6.01. The highest BCUT2D eigenvalue weighted by Gasteiger charge is 2.08. The van der Waals surface area contributed by atoms with Gasteiger partial charge in [0.25, 0.3) is 0 Å². The predicted octanol–water partition coefficient (Wildman–Crippen LogP) is 5.28. The Bertz CT molecular complexity index is 1230. The molecule has 0 amide bonds. The third-order valence-electron chi connectivity index (χ3n) is 4.60. The molecule has 124 valence electrons. The van der Waals surface area contributed by atoms with Crippen LogP contribution in [-0.2, 0) is 0 Å². The first-order valence-corrected chi connectivity index (χ1v) is 8.52. The summed E-state index contributed by atoms with van der Waals surface area (Å²) in [4.78, 5) is 7.52. The lowest BCUT2D eigenvalue weighted by Gasteiger charge is -2.03. The molecule has 2 N–H and O–H groups in total. The van der Waals surface area contributed by atoms with Gasteiger partial charge in [-0.3, -0.25) is 5.10 Å². The molecule has 0 bridgehead atoms. The van der Waals surface area contributed by atoms with Gasteiger partial charge < -0.3 is 4.98 Å². The van der Waals surface area contributed by atoms with Crippen molar-refractivity contribution in [2.45, 2.75) is 0 Å². The van der Waals surface area contributed by atoms with Crippen LogP contribution in [-0.4, -0.2) is 20.2 Å². The molecule has 4 nitrogen and oxygen atoms in total. The Morgan fingerprint density at radius 1 is 0.846 bits per heavy atom. The predicted molar refractivity (Wildman–Crippen MR) is 107 cm³/mol. The van der Waals surface area contributed by atoms with E-state index in [4.69, 9.17) is 0 Å². The summed E-state index contributed by atoms with van der Waals surface area (Å²) in [5.74, 6) is 0. The van der Waals surface area contributed by atoms with E-state index in [0.717, 1.165) is 44.3 Å². The third-order valence-corrected chi connectivity index (χ3v) is 4.60. The van der Waals surface area contributed by atoms with E-state index in [0.29, 0.717) is 0 Å². The van der Waals surface area contributed by atoms with Crippen molar-refractivity contribution in [1.82, 2.24) is 20.2 Å². The summed E-state index contributed by atoms with van der Waals surface area (Å²) in [6.45, 7) is 0. The highest BCUT2D eigenvalue weighted by Crippen LogP contribution is 2.30. The fourth-order valence-electron chi connectivity index (χ4n) is 3.29. The van der Waals surface area contributed by atoms with Crippen LogP contribution in [0.1, 0.15) is 11.3 Å². The van der Waals surface area contributed by atoms with Crippen LogP contribution < -0.4 is 0 Å². The molecule has 0 aliphatic heterocycles. The van der Waals surface area contributed by atoms with Crippen molar-refractivity contribution in [2.24, 2.45) is 0 Å². The molecular formula is C22H16N4. The largest absolute Gasteiger partial charge is 0.346 e. The topological polar surface area (TPSA) is 57.4 Å². The number of nitrogens with one attached hydrogen (secondary N) is 2. The monoisotopic (exact) mass is 336 g/mol. The molecule has 0 saturated carbocycles. The summed E-state index contributed by atoms with van der Waals surface area (Å²) in [7, 11) is 0. The number of rotatable bonds is 3. The van der Waals surface area contributed by atoms with Crippen molar-refractivity contribution in [3.63, 3.8) is 0 Å². The molecule has 0 aliphatic rings. The van der Waals surface area contributed by atoms with Gasteiger partial charge in [0.2, 0.25) is 0 Å². The Morgan fingerprint density at radius 3 is 2.69 bits per heavy atom. The van der Waals surface area contributed by atoms with Gasteiger partial charge in [0.15, 0.2) is 0 Å². The van der Waals surface area contributed by atoms with E-state index in [1.165, 1.54) is 0 Å². The van der Waals surface area contributed by atoms with E-state index in [1.807, 2.05) is 42.7 Å². The van der Waals surface area contributed by atoms with E-state index in [1.54, 1.807) is 0 Å². The highest BCUT2D eigenvalue weighted by molar-refractivity contribution is 5.97. The van der Waals surface area contributed by atoms with E-state index in [2.05, 4.69) is 62.6 Å². The first-order valence-electron chi connectivity index (χ1n) is 8.52. The Morgan fingerprint density at radius 2 is 1.77 bits per heavy atom. The number of aromatic nitrogens is 4. The Hall–Kier alpha value is -3.66. The zero-order valence-electron chi connectivity index (χ0n) is 14.0. The maximum absolute atomic E-state index is 4.47. The molecule has 5 rings (SSSR count). The van der Waals surface area contributed by atoms with Crippen LogP contribution in [0.3, 0.4) is 0 Å².